The van der Waals surface area contributed by atoms with Crippen LogP contribution in [0.4, 0.5) is 10.8 Å². The summed E-state index contributed by atoms with van der Waals surface area (Å²) in [5, 5.41) is 7.70. The van der Waals surface area contributed by atoms with Crippen LogP contribution in [0.15, 0.2) is 35.8 Å². The van der Waals surface area contributed by atoms with Crippen molar-refractivity contribution >= 4 is 34.0 Å². The van der Waals surface area contributed by atoms with Crippen molar-refractivity contribution in [1.82, 2.24) is 4.98 Å². The van der Waals surface area contributed by atoms with E-state index in [0.717, 1.165) is 0 Å². The van der Waals surface area contributed by atoms with Crippen LogP contribution in [-0.2, 0) is 4.79 Å². The van der Waals surface area contributed by atoms with E-state index >= 15 is 0 Å². The number of thiazole rings is 1. The average Bonchev–Trinajstić information content (AvgIpc) is 2.92. The number of benzene rings is 1. The minimum absolute atomic E-state index is 0.130. The Morgan fingerprint density at radius 3 is 2.74 bits per heavy atom. The standard InChI is InChI=1S/C13H13N3O2S/c1-2-11(17)15-10-6-4-3-5-9(10)12(18)16-13-14-7-8-19-13/h3-8H,2H2,1H3,(H,15,17)(H,14,16,18). The SMILES string of the molecule is CCC(=O)Nc1ccccc1C(=O)Nc1nccs1. The number of para-hydroxylation sites is 1. The van der Waals surface area contributed by atoms with Crippen molar-refractivity contribution in [2.45, 2.75) is 13.3 Å². The van der Waals surface area contributed by atoms with Crippen LogP contribution in [0.1, 0.15) is 23.7 Å². The highest BCUT2D eigenvalue weighted by atomic mass is 32.1. The third-order valence-corrected chi connectivity index (χ3v) is 3.11. The Kier molecular flexibility index (Phi) is 4.25. The van der Waals surface area contributed by atoms with Crippen LogP contribution in [0.2, 0.25) is 0 Å². The molecule has 0 atom stereocenters. The van der Waals surface area contributed by atoms with Gasteiger partial charge in [-0.1, -0.05) is 19.1 Å². The molecule has 5 nitrogen and oxygen atoms in total. The van der Waals surface area contributed by atoms with Crippen molar-refractivity contribution < 1.29 is 9.59 Å². The van der Waals surface area contributed by atoms with Crippen LogP contribution in [0.5, 0.6) is 0 Å². The van der Waals surface area contributed by atoms with Gasteiger partial charge in [0, 0.05) is 18.0 Å². The first-order valence-corrected chi connectivity index (χ1v) is 6.68. The van der Waals surface area contributed by atoms with Gasteiger partial charge in [0.2, 0.25) is 5.91 Å². The molecule has 0 unspecified atom stereocenters. The molecule has 6 heteroatoms. The Labute approximate surface area is 114 Å². The molecule has 2 amide bonds. The molecule has 0 aliphatic carbocycles. The Balaban J connectivity index is 2.19. The van der Waals surface area contributed by atoms with E-state index < -0.39 is 0 Å². The molecule has 0 fully saturated rings. The molecule has 0 bridgehead atoms. The number of anilines is 2. The van der Waals surface area contributed by atoms with Crippen molar-refractivity contribution in [2.75, 3.05) is 10.6 Å². The number of nitrogens with zero attached hydrogens (tertiary/aromatic N) is 1. The van der Waals surface area contributed by atoms with Crippen LogP contribution >= 0.6 is 11.3 Å². The summed E-state index contributed by atoms with van der Waals surface area (Å²) < 4.78 is 0. The number of hydrogen-bond donors (Lipinski definition) is 2. The van der Waals surface area contributed by atoms with Crippen molar-refractivity contribution in [3.63, 3.8) is 0 Å². The van der Waals surface area contributed by atoms with Crippen LogP contribution in [0.3, 0.4) is 0 Å². The van der Waals surface area contributed by atoms with Crippen molar-refractivity contribution in [3.05, 3.63) is 41.4 Å². The van der Waals surface area contributed by atoms with Gasteiger partial charge in [0.25, 0.3) is 5.91 Å². The largest absolute Gasteiger partial charge is 0.325 e. The molecule has 0 saturated heterocycles. The lowest BCUT2D eigenvalue weighted by atomic mass is 10.1. The van der Waals surface area contributed by atoms with Gasteiger partial charge in [-0.3, -0.25) is 14.9 Å². The minimum atomic E-state index is -0.290. The number of carbonyl (C=O) groups excluding carboxylic acids is 2. The first-order chi connectivity index (χ1) is 9.20. The molecule has 1 aromatic heterocycles. The zero-order valence-corrected chi connectivity index (χ0v) is 11.2. The molecule has 19 heavy (non-hydrogen) atoms. The molecular formula is C13H13N3O2S. The van der Waals surface area contributed by atoms with Gasteiger partial charge in [0.05, 0.1) is 11.3 Å². The van der Waals surface area contributed by atoms with Gasteiger partial charge in [-0.2, -0.15) is 0 Å². The number of carbonyl (C=O) groups is 2. The van der Waals surface area contributed by atoms with Crippen molar-refractivity contribution in [2.24, 2.45) is 0 Å². The first-order valence-electron chi connectivity index (χ1n) is 5.80. The smallest absolute Gasteiger partial charge is 0.259 e. The van der Waals surface area contributed by atoms with Gasteiger partial charge in [0.1, 0.15) is 0 Å². The Morgan fingerprint density at radius 2 is 2.05 bits per heavy atom. The highest BCUT2D eigenvalue weighted by Crippen LogP contribution is 2.18. The summed E-state index contributed by atoms with van der Waals surface area (Å²) in [7, 11) is 0. The van der Waals surface area contributed by atoms with Gasteiger partial charge >= 0.3 is 0 Å². The Bertz CT molecular complexity index is 581. The predicted octanol–water partition coefficient (Wildman–Crippen LogP) is 2.74. The lowest BCUT2D eigenvalue weighted by Crippen LogP contribution is -2.17. The maximum Gasteiger partial charge on any atom is 0.259 e. The minimum Gasteiger partial charge on any atom is -0.325 e. The Morgan fingerprint density at radius 1 is 1.26 bits per heavy atom. The lowest BCUT2D eigenvalue weighted by Gasteiger charge is -2.09. The van der Waals surface area contributed by atoms with Gasteiger partial charge in [-0.15, -0.1) is 11.3 Å². The second-order valence-corrected chi connectivity index (χ2v) is 4.63. The molecule has 2 N–H and O–H groups in total. The van der Waals surface area contributed by atoms with E-state index in [4.69, 9.17) is 0 Å². The second kappa shape index (κ2) is 6.10. The van der Waals surface area contributed by atoms with Gasteiger partial charge in [-0.25, -0.2) is 4.98 Å². The third kappa shape index (κ3) is 3.38. The lowest BCUT2D eigenvalue weighted by molar-refractivity contribution is -0.115. The second-order valence-electron chi connectivity index (χ2n) is 3.74. The molecule has 2 rings (SSSR count). The molecule has 0 aliphatic heterocycles. The number of rotatable bonds is 4. The fourth-order valence-corrected chi connectivity index (χ4v) is 2.00. The van der Waals surface area contributed by atoms with Crippen LogP contribution < -0.4 is 10.6 Å². The summed E-state index contributed by atoms with van der Waals surface area (Å²) in [6.45, 7) is 1.76. The number of amides is 2. The zero-order valence-electron chi connectivity index (χ0n) is 10.3. The first kappa shape index (κ1) is 13.2. The van der Waals surface area contributed by atoms with Gasteiger partial charge < -0.3 is 5.32 Å². The highest BCUT2D eigenvalue weighted by Gasteiger charge is 2.13. The average molecular weight is 275 g/mol. The van der Waals surface area contributed by atoms with E-state index in [9.17, 15) is 9.59 Å². The van der Waals surface area contributed by atoms with E-state index in [-0.39, 0.29) is 11.8 Å². The van der Waals surface area contributed by atoms with E-state index in [2.05, 4.69) is 15.6 Å². The van der Waals surface area contributed by atoms with E-state index in [1.54, 1.807) is 42.8 Å². The maximum absolute atomic E-state index is 12.1. The summed E-state index contributed by atoms with van der Waals surface area (Å²) in [6.07, 6.45) is 1.98. The molecule has 1 aromatic carbocycles. The third-order valence-electron chi connectivity index (χ3n) is 2.42. The summed E-state index contributed by atoms with van der Waals surface area (Å²) in [5.41, 5.74) is 0.919. The predicted molar refractivity (Wildman–Crippen MR) is 75.4 cm³/mol. The zero-order chi connectivity index (χ0) is 13.7. The fourth-order valence-electron chi connectivity index (χ4n) is 1.48. The van der Waals surface area contributed by atoms with Crippen LogP contribution in [-0.4, -0.2) is 16.8 Å². The topological polar surface area (TPSA) is 71.1 Å². The Hall–Kier alpha value is -2.21. The van der Waals surface area contributed by atoms with E-state index in [1.807, 2.05) is 0 Å². The molecule has 0 radical (unpaired) electrons. The van der Waals surface area contributed by atoms with Gasteiger partial charge in [-0.05, 0) is 12.1 Å². The monoisotopic (exact) mass is 275 g/mol. The van der Waals surface area contributed by atoms with Crippen molar-refractivity contribution in [1.29, 1.82) is 0 Å². The maximum atomic E-state index is 12.1. The van der Waals surface area contributed by atoms with Gasteiger partial charge in [0.15, 0.2) is 5.13 Å². The summed E-state index contributed by atoms with van der Waals surface area (Å²) in [6, 6.07) is 6.88. The quantitative estimate of drug-likeness (QED) is 0.901. The molecular weight excluding hydrogens is 262 g/mol. The highest BCUT2D eigenvalue weighted by molar-refractivity contribution is 7.13. The summed E-state index contributed by atoms with van der Waals surface area (Å²) >= 11 is 1.34. The molecule has 0 aliphatic rings. The number of hydrogen-bond acceptors (Lipinski definition) is 4. The molecule has 98 valence electrons. The molecule has 0 spiro atoms. The normalized spacial score (nSPS) is 9.95. The van der Waals surface area contributed by atoms with Crippen LogP contribution in [0, 0.1) is 0 Å². The fraction of sp³-hybridized carbons (Fsp3) is 0.154. The summed E-state index contributed by atoms with van der Waals surface area (Å²) in [5.74, 6) is -0.420. The molecule has 2 aromatic rings. The summed E-state index contributed by atoms with van der Waals surface area (Å²) in [4.78, 5) is 27.5. The van der Waals surface area contributed by atoms with E-state index in [0.29, 0.717) is 22.8 Å². The number of aromatic nitrogens is 1. The van der Waals surface area contributed by atoms with Crippen LogP contribution in [0.25, 0.3) is 0 Å². The van der Waals surface area contributed by atoms with Crippen molar-refractivity contribution in [3.8, 4) is 0 Å². The number of nitrogens with one attached hydrogen (secondary N) is 2. The molecule has 1 heterocycles. The molecule has 0 saturated carbocycles. The van der Waals surface area contributed by atoms with E-state index in [1.165, 1.54) is 11.3 Å².